The molecule has 2 unspecified atom stereocenters. The third-order valence-corrected chi connectivity index (χ3v) is 4.28. The molecule has 0 fully saturated rings. The molecule has 2 aromatic rings. The normalized spacial score (nSPS) is 14.2. The Labute approximate surface area is 127 Å². The number of halogens is 2. The minimum Gasteiger partial charge on any atom is -0.482 e. The van der Waals surface area contributed by atoms with Crippen LogP contribution in [0.4, 0.5) is 0 Å². The number of hydrogen-bond donors (Lipinski definition) is 1. The Morgan fingerprint density at radius 3 is 2.53 bits per heavy atom. The number of rotatable bonds is 4. The predicted molar refractivity (Wildman–Crippen MR) is 82.5 cm³/mol. The fourth-order valence-corrected chi connectivity index (χ4v) is 3.08. The summed E-state index contributed by atoms with van der Waals surface area (Å²) in [6.07, 6.45) is -0.227. The Kier molecular flexibility index (Phi) is 4.74. The van der Waals surface area contributed by atoms with E-state index in [1.807, 2.05) is 13.0 Å². The molecule has 1 heterocycles. The SMILES string of the molecule is Cc1ccc(C(Oc2cc(Cl)ccc2Cl)C(C)N)s1. The highest BCUT2D eigenvalue weighted by molar-refractivity contribution is 7.12. The van der Waals surface area contributed by atoms with Gasteiger partial charge >= 0.3 is 0 Å². The predicted octanol–water partition coefficient (Wildman–Crippen LogP) is 4.83. The zero-order chi connectivity index (χ0) is 14.0. The van der Waals surface area contributed by atoms with Gasteiger partial charge in [-0.05, 0) is 38.1 Å². The summed E-state index contributed by atoms with van der Waals surface area (Å²) in [5.74, 6) is 0.558. The van der Waals surface area contributed by atoms with Gasteiger partial charge in [0.25, 0.3) is 0 Å². The molecule has 2 atom stereocenters. The molecule has 0 amide bonds. The highest BCUT2D eigenvalue weighted by atomic mass is 35.5. The first-order chi connectivity index (χ1) is 8.97. The van der Waals surface area contributed by atoms with E-state index in [9.17, 15) is 0 Å². The maximum Gasteiger partial charge on any atom is 0.148 e. The second-order valence-corrected chi connectivity index (χ2v) is 6.58. The monoisotopic (exact) mass is 315 g/mol. The zero-order valence-corrected chi connectivity index (χ0v) is 13.0. The molecule has 1 aromatic carbocycles. The molecule has 1 aromatic heterocycles. The number of aryl methyl sites for hydroxylation is 1. The van der Waals surface area contributed by atoms with Crippen molar-refractivity contribution in [3.63, 3.8) is 0 Å². The number of hydrogen-bond acceptors (Lipinski definition) is 3. The van der Waals surface area contributed by atoms with Gasteiger partial charge < -0.3 is 10.5 Å². The Morgan fingerprint density at radius 2 is 1.95 bits per heavy atom. The molecule has 0 radical (unpaired) electrons. The Hall–Kier alpha value is -0.740. The summed E-state index contributed by atoms with van der Waals surface area (Å²) < 4.78 is 5.96. The van der Waals surface area contributed by atoms with Crippen LogP contribution < -0.4 is 10.5 Å². The topological polar surface area (TPSA) is 35.2 Å². The summed E-state index contributed by atoms with van der Waals surface area (Å²) in [6, 6.07) is 9.10. The first-order valence-electron chi connectivity index (χ1n) is 5.91. The molecule has 5 heteroatoms. The Morgan fingerprint density at radius 1 is 1.21 bits per heavy atom. The summed E-state index contributed by atoms with van der Waals surface area (Å²) in [6.45, 7) is 3.97. The van der Waals surface area contributed by atoms with Crippen LogP contribution in [0.1, 0.15) is 22.8 Å². The van der Waals surface area contributed by atoms with Gasteiger partial charge in [-0.3, -0.25) is 0 Å². The van der Waals surface area contributed by atoms with E-state index in [-0.39, 0.29) is 12.1 Å². The first kappa shape index (κ1) is 14.7. The molecular weight excluding hydrogens is 301 g/mol. The minimum atomic E-state index is -0.227. The van der Waals surface area contributed by atoms with Crippen LogP contribution in [0.5, 0.6) is 5.75 Å². The van der Waals surface area contributed by atoms with Gasteiger partial charge in [-0.2, -0.15) is 0 Å². The van der Waals surface area contributed by atoms with E-state index in [1.54, 1.807) is 29.5 Å². The minimum absolute atomic E-state index is 0.145. The van der Waals surface area contributed by atoms with E-state index in [4.69, 9.17) is 33.7 Å². The van der Waals surface area contributed by atoms with Crippen LogP contribution in [0.25, 0.3) is 0 Å². The third kappa shape index (κ3) is 3.63. The fraction of sp³-hybridized carbons (Fsp3) is 0.286. The number of ether oxygens (including phenoxy) is 1. The number of nitrogens with two attached hydrogens (primary N) is 1. The zero-order valence-electron chi connectivity index (χ0n) is 10.7. The van der Waals surface area contributed by atoms with Crippen molar-refractivity contribution in [2.45, 2.75) is 26.0 Å². The summed E-state index contributed by atoms with van der Waals surface area (Å²) in [5, 5.41) is 1.12. The van der Waals surface area contributed by atoms with Crippen molar-refractivity contribution in [1.82, 2.24) is 0 Å². The van der Waals surface area contributed by atoms with E-state index in [0.717, 1.165) is 4.88 Å². The maximum absolute atomic E-state index is 6.12. The van der Waals surface area contributed by atoms with Gasteiger partial charge in [-0.1, -0.05) is 23.2 Å². The number of thiophene rings is 1. The standard InChI is InChI=1S/C14H15Cl2NOS/c1-8-3-6-13(19-8)14(9(2)17)18-12-7-10(15)4-5-11(12)16/h3-7,9,14H,17H2,1-2H3. The summed E-state index contributed by atoms with van der Waals surface area (Å²) >= 11 is 13.8. The molecule has 19 heavy (non-hydrogen) atoms. The van der Waals surface area contributed by atoms with Crippen molar-refractivity contribution in [3.8, 4) is 5.75 Å². The summed E-state index contributed by atoms with van der Waals surface area (Å²) in [7, 11) is 0. The fourth-order valence-electron chi connectivity index (χ4n) is 1.74. The Bertz CT molecular complexity index is 568. The molecule has 0 saturated carbocycles. The van der Waals surface area contributed by atoms with E-state index in [1.165, 1.54) is 4.88 Å². The third-order valence-electron chi connectivity index (χ3n) is 2.67. The summed E-state index contributed by atoms with van der Waals surface area (Å²) in [5.41, 5.74) is 6.02. The van der Waals surface area contributed by atoms with E-state index >= 15 is 0 Å². The highest BCUT2D eigenvalue weighted by Crippen LogP contribution is 2.34. The lowest BCUT2D eigenvalue weighted by atomic mass is 10.1. The molecule has 2 N–H and O–H groups in total. The largest absolute Gasteiger partial charge is 0.482 e. The van der Waals surface area contributed by atoms with E-state index in [2.05, 4.69) is 13.0 Å². The molecule has 0 saturated heterocycles. The smallest absolute Gasteiger partial charge is 0.148 e. The van der Waals surface area contributed by atoms with Crippen molar-refractivity contribution in [3.05, 3.63) is 50.1 Å². The van der Waals surface area contributed by atoms with Crippen LogP contribution >= 0.6 is 34.5 Å². The molecule has 0 aliphatic carbocycles. The second-order valence-electron chi connectivity index (χ2n) is 4.42. The lowest BCUT2D eigenvalue weighted by molar-refractivity contribution is 0.184. The molecule has 102 valence electrons. The Balaban J connectivity index is 2.29. The van der Waals surface area contributed by atoms with E-state index < -0.39 is 0 Å². The molecule has 2 nitrogen and oxygen atoms in total. The average molecular weight is 316 g/mol. The van der Waals surface area contributed by atoms with Gasteiger partial charge in [0.05, 0.1) is 5.02 Å². The summed E-state index contributed by atoms with van der Waals surface area (Å²) in [4.78, 5) is 2.31. The van der Waals surface area contributed by atoms with Gasteiger partial charge in [0.15, 0.2) is 0 Å². The molecular formula is C14H15Cl2NOS. The molecule has 0 spiro atoms. The molecule has 0 aliphatic heterocycles. The van der Waals surface area contributed by atoms with Crippen molar-refractivity contribution in [2.24, 2.45) is 5.73 Å². The quantitative estimate of drug-likeness (QED) is 0.877. The average Bonchev–Trinajstić information content (AvgIpc) is 2.76. The van der Waals surface area contributed by atoms with Gasteiger partial charge in [0.1, 0.15) is 11.9 Å². The van der Waals surface area contributed by atoms with Crippen LogP contribution in [0.2, 0.25) is 10.0 Å². The van der Waals surface area contributed by atoms with Gasteiger partial charge in [0.2, 0.25) is 0 Å². The van der Waals surface area contributed by atoms with E-state index in [0.29, 0.717) is 15.8 Å². The lowest BCUT2D eigenvalue weighted by Crippen LogP contribution is -2.28. The van der Waals surface area contributed by atoms with Crippen LogP contribution in [0.3, 0.4) is 0 Å². The highest BCUT2D eigenvalue weighted by Gasteiger charge is 2.21. The van der Waals surface area contributed by atoms with Crippen LogP contribution in [0, 0.1) is 6.92 Å². The number of benzene rings is 1. The van der Waals surface area contributed by atoms with Crippen LogP contribution in [-0.4, -0.2) is 6.04 Å². The van der Waals surface area contributed by atoms with Crippen molar-refractivity contribution in [2.75, 3.05) is 0 Å². The lowest BCUT2D eigenvalue weighted by Gasteiger charge is -2.22. The van der Waals surface area contributed by atoms with Crippen molar-refractivity contribution < 1.29 is 4.74 Å². The van der Waals surface area contributed by atoms with Crippen molar-refractivity contribution >= 4 is 34.5 Å². The van der Waals surface area contributed by atoms with Crippen molar-refractivity contribution in [1.29, 1.82) is 0 Å². The maximum atomic E-state index is 6.12. The van der Waals surface area contributed by atoms with Crippen LogP contribution in [-0.2, 0) is 0 Å². The van der Waals surface area contributed by atoms with Gasteiger partial charge in [0, 0.05) is 26.9 Å². The van der Waals surface area contributed by atoms with Gasteiger partial charge in [-0.15, -0.1) is 11.3 Å². The molecule has 0 aliphatic rings. The molecule has 0 bridgehead atoms. The molecule has 2 rings (SSSR count). The van der Waals surface area contributed by atoms with Crippen LogP contribution in [0.15, 0.2) is 30.3 Å². The second kappa shape index (κ2) is 6.14. The van der Waals surface area contributed by atoms with Gasteiger partial charge in [-0.25, -0.2) is 0 Å². The first-order valence-corrected chi connectivity index (χ1v) is 7.48.